The molecule has 0 aliphatic carbocycles. The van der Waals surface area contributed by atoms with Gasteiger partial charge in [-0.25, -0.2) is 98.4 Å². The summed E-state index contributed by atoms with van der Waals surface area (Å²) in [6.45, 7) is 26.4. The smallest absolute Gasteiger partial charge is 0.406 e. The molecular weight excluding hydrogens is 1800 g/mol. The minimum absolute atomic E-state index is 0.0521. The van der Waals surface area contributed by atoms with Crippen LogP contribution in [0.5, 0.6) is 0 Å². The quantitative estimate of drug-likeness (QED) is 0.0164. The molecule has 12 N–H and O–H groups in total. The molecule has 0 saturated carbocycles. The number of aromatic nitrogens is 16. The summed E-state index contributed by atoms with van der Waals surface area (Å²) in [6, 6.07) is -3.66. The van der Waals surface area contributed by atoms with Gasteiger partial charge in [-0.1, -0.05) is 0 Å². The zero-order chi connectivity index (χ0) is 90.2. The van der Waals surface area contributed by atoms with Gasteiger partial charge < -0.3 is 60.8 Å². The standard InChI is InChI=1S/4C17H24ClN6O6P/c4*1-8(2)28-15(25)9(3)23-31(26)27-5-10-12(30-31)17(4,18)16(29-10)24-7-22-11-13(19)20-6-21-14(11)24/h4*6-10,12,16H,5H2,1-4H3,(H,23,26)(H2,19,20,21)/t2*9-,10-,12-,16-,17-,31?;9-,10-,12-,16-,17-,31+;9-,10-,12-,16-,17-,31-/m1111/s1. The number of anilines is 4. The first-order valence-corrected chi connectivity index (χ1v) is 46.5. The molecule has 8 fully saturated rings. The predicted octanol–water partition coefficient (Wildman–Crippen LogP) is 7.03. The topological polar surface area (TPSA) is 611 Å². The second-order valence-corrected chi connectivity index (χ2v) is 41.8. The monoisotopic (exact) mass is 1900 g/mol. The van der Waals surface area contributed by atoms with Gasteiger partial charge in [-0.3, -0.25) is 73.6 Å². The van der Waals surface area contributed by atoms with Crippen molar-refractivity contribution in [3.8, 4) is 0 Å². The molecule has 48 nitrogen and oxygen atoms in total. The highest BCUT2D eigenvalue weighted by atomic mass is 35.5. The van der Waals surface area contributed by atoms with E-state index in [1.54, 1.807) is 101 Å². The number of hydrogen-bond donors (Lipinski definition) is 8. The van der Waals surface area contributed by atoms with E-state index in [-0.39, 0.29) is 74.1 Å². The summed E-state index contributed by atoms with van der Waals surface area (Å²) in [5.41, 5.74) is 26.9. The highest BCUT2D eigenvalue weighted by Gasteiger charge is 2.65. The molecule has 8 aromatic rings. The van der Waals surface area contributed by atoms with Crippen LogP contribution in [-0.2, 0) is 112 Å². The maximum absolute atomic E-state index is 13.2. The zero-order valence-electron chi connectivity index (χ0n) is 69.6. The van der Waals surface area contributed by atoms with Crippen LogP contribution in [0.4, 0.5) is 23.3 Å². The second kappa shape index (κ2) is 36.3. The summed E-state index contributed by atoms with van der Waals surface area (Å²) in [7, 11) is -15.4. The Morgan fingerprint density at radius 1 is 0.355 bits per heavy atom. The molecule has 8 aromatic heterocycles. The van der Waals surface area contributed by atoms with Crippen LogP contribution in [-0.4, -0.2) is 245 Å². The van der Waals surface area contributed by atoms with Crippen LogP contribution in [0.2, 0.25) is 0 Å². The molecule has 0 spiro atoms. The van der Waals surface area contributed by atoms with Crippen molar-refractivity contribution in [2.24, 2.45) is 0 Å². The summed E-state index contributed by atoms with van der Waals surface area (Å²) in [6.07, 6.45) is 1.32. The number of carbonyl (C=O) groups is 4. The highest BCUT2D eigenvalue weighted by Crippen LogP contribution is 2.62. The number of nitrogens with zero attached hydrogens (tertiary/aromatic N) is 16. The van der Waals surface area contributed by atoms with Gasteiger partial charge in [-0.2, -0.15) is 0 Å². The number of esters is 4. The van der Waals surface area contributed by atoms with E-state index in [4.69, 9.17) is 143 Å². The first-order valence-electron chi connectivity index (χ1n) is 38.8. The fourth-order valence-corrected chi connectivity index (χ4v) is 23.1. The molecule has 16 rings (SSSR count). The lowest BCUT2D eigenvalue weighted by molar-refractivity contribution is -0.150. The summed E-state index contributed by atoms with van der Waals surface area (Å²) in [5, 5.41) is 10.4. The van der Waals surface area contributed by atoms with Crippen molar-refractivity contribution >= 4 is 169 Å². The van der Waals surface area contributed by atoms with E-state index in [2.05, 4.69) is 80.2 Å². The average Bonchev–Trinajstić information content (AvgIpc) is 1.59. The van der Waals surface area contributed by atoms with Gasteiger partial charge in [0.15, 0.2) is 70.8 Å². The molecular formula is C68H96Cl4N24O24P4. The average molecular weight is 1900 g/mol. The Balaban J connectivity index is 0.000000142. The van der Waals surface area contributed by atoms with E-state index in [9.17, 15) is 37.4 Å². The fourth-order valence-electron chi connectivity index (χ4n) is 14.4. The van der Waals surface area contributed by atoms with Gasteiger partial charge in [0, 0.05) is 0 Å². The second-order valence-electron chi connectivity index (χ2n) is 31.7. The third kappa shape index (κ3) is 19.4. The number of imidazole rings is 4. The van der Waals surface area contributed by atoms with Crippen LogP contribution >= 0.6 is 77.4 Å². The van der Waals surface area contributed by atoms with Crippen LogP contribution in [0.25, 0.3) is 44.7 Å². The van der Waals surface area contributed by atoms with Gasteiger partial charge in [0.2, 0.25) is 0 Å². The van der Waals surface area contributed by atoms with E-state index in [0.717, 1.165) is 0 Å². The molecule has 0 bridgehead atoms. The minimum Gasteiger partial charge on any atom is -0.462 e. The lowest BCUT2D eigenvalue weighted by Crippen LogP contribution is -2.47. The van der Waals surface area contributed by atoms with Gasteiger partial charge in [0.05, 0.1) is 76.2 Å². The number of carbonyl (C=O) groups excluding carboxylic acids is 4. The number of hydrogen-bond acceptors (Lipinski definition) is 40. The van der Waals surface area contributed by atoms with Gasteiger partial charge in [0.1, 0.15) is 140 Å². The number of ether oxygens (including phenoxy) is 8. The van der Waals surface area contributed by atoms with Crippen molar-refractivity contribution in [2.75, 3.05) is 49.4 Å². The summed E-state index contributed by atoms with van der Waals surface area (Å²) < 4.78 is 149. The highest BCUT2D eigenvalue weighted by molar-refractivity contribution is 7.52. The number of alkyl halides is 4. The Morgan fingerprint density at radius 2 is 0.540 bits per heavy atom. The Labute approximate surface area is 727 Å². The van der Waals surface area contributed by atoms with E-state index >= 15 is 0 Å². The van der Waals surface area contributed by atoms with E-state index < -0.39 is 172 Å². The van der Waals surface area contributed by atoms with E-state index in [0.29, 0.717) is 44.7 Å². The zero-order valence-corrected chi connectivity index (χ0v) is 76.2. The van der Waals surface area contributed by atoms with Gasteiger partial charge in [0.25, 0.3) is 0 Å². The Hall–Kier alpha value is -7.28. The van der Waals surface area contributed by atoms with Crippen molar-refractivity contribution in [1.29, 1.82) is 0 Å². The SMILES string of the molecule is CC(C)OC(=O)[C@@H](C)NP1(=O)OC[C@H]2O[C@@H](n3cnc4c(N)ncnc43)[C@](C)(Cl)[C@@H]2O1.CC(C)OC(=O)[C@@H](C)NP1(=O)OC[C@H]2O[C@@H](n3cnc4c(N)ncnc43)[C@](C)(Cl)[C@@H]2O1.CC(C)OC(=O)[C@@H](C)N[P@@]1(=O)OC[C@H]2O[C@@H](n3cnc4c(N)ncnc43)[C@](C)(Cl)[C@@H]2O1.CC(C)OC(=O)[C@@H](C)N[P@]1(=O)OC[C@H]2O[C@@H](n3cnc4c(N)ncnc43)[C@](C)(Cl)[C@@H]2O1. The maximum Gasteiger partial charge on any atom is 0.406 e. The molecule has 8 aliphatic rings. The van der Waals surface area contributed by atoms with Crippen LogP contribution in [0.1, 0.15) is 136 Å². The molecule has 0 aromatic carbocycles. The number of halogens is 4. The van der Waals surface area contributed by atoms with Gasteiger partial charge >= 0.3 is 54.9 Å². The molecule has 680 valence electrons. The predicted molar refractivity (Wildman–Crippen MR) is 441 cm³/mol. The normalized spacial score (nSPS) is 34.1. The van der Waals surface area contributed by atoms with Gasteiger partial charge in [-0.05, 0) is 111 Å². The lowest BCUT2D eigenvalue weighted by atomic mass is 10.0. The summed E-state index contributed by atoms with van der Waals surface area (Å²) >= 11 is 27.5. The molecule has 0 amide bonds. The number of nitrogen functional groups attached to an aromatic ring is 4. The molecule has 24 atom stereocenters. The molecule has 8 saturated heterocycles. The van der Waals surface area contributed by atoms with Crippen molar-refractivity contribution in [1.82, 2.24) is 98.4 Å². The molecule has 2 unspecified atom stereocenters. The lowest BCUT2D eigenvalue weighted by Gasteiger charge is -2.36. The third-order valence-electron chi connectivity index (χ3n) is 20.2. The number of rotatable bonds is 20. The molecule has 56 heteroatoms. The van der Waals surface area contributed by atoms with Crippen molar-refractivity contribution in [3.63, 3.8) is 0 Å². The maximum atomic E-state index is 13.2. The van der Waals surface area contributed by atoms with Crippen LogP contribution in [0.15, 0.2) is 50.6 Å². The van der Waals surface area contributed by atoms with Crippen LogP contribution < -0.4 is 43.3 Å². The third-order valence-corrected chi connectivity index (χ3v) is 28.5. The van der Waals surface area contributed by atoms with Crippen LogP contribution in [0.3, 0.4) is 0 Å². The molecule has 16 heterocycles. The fraction of sp³-hybridized carbons (Fsp3) is 0.647. The number of nitrogens with two attached hydrogens (primary N) is 4. The van der Waals surface area contributed by atoms with Crippen molar-refractivity contribution in [2.45, 2.75) is 253 Å². The first kappa shape index (κ1) is 94.3. The van der Waals surface area contributed by atoms with Gasteiger partial charge in [-0.15, -0.1) is 46.4 Å². The molecule has 0 radical (unpaired) electrons. The van der Waals surface area contributed by atoms with Crippen LogP contribution in [0, 0.1) is 0 Å². The van der Waals surface area contributed by atoms with E-state index in [1.165, 1.54) is 78.3 Å². The first-order chi connectivity index (χ1) is 58.1. The molecule has 8 aliphatic heterocycles. The number of nitrogens with one attached hydrogen (secondary N) is 4. The van der Waals surface area contributed by atoms with Crippen molar-refractivity contribution in [3.05, 3.63) is 50.6 Å². The Bertz CT molecular complexity index is 4850. The summed E-state index contributed by atoms with van der Waals surface area (Å²) in [4.78, 5) is 93.2. The van der Waals surface area contributed by atoms with Crippen molar-refractivity contribution < 1.29 is 112 Å². The Morgan fingerprint density at radius 3 is 0.718 bits per heavy atom. The summed E-state index contributed by atoms with van der Waals surface area (Å²) in [5.74, 6) is -1.38. The Kier molecular flexibility index (Phi) is 27.6. The number of fused-ring (bicyclic) bond motifs is 8. The van der Waals surface area contributed by atoms with E-state index in [1.807, 2.05) is 0 Å². The minimum atomic E-state index is -3.86. The largest absolute Gasteiger partial charge is 0.462 e. The molecule has 124 heavy (non-hydrogen) atoms.